The maximum Gasteiger partial charge on any atom is 0.350 e. The lowest BCUT2D eigenvalue weighted by atomic mass is 9.94. The van der Waals surface area contributed by atoms with Crippen LogP contribution in [-0.4, -0.2) is 10.9 Å². The minimum atomic E-state index is -0.269. The van der Waals surface area contributed by atoms with Crippen LogP contribution in [0.4, 0.5) is 0 Å². The maximum absolute atomic E-state index is 12.3. The molecule has 1 N–H and O–H groups in total. The van der Waals surface area contributed by atoms with Crippen LogP contribution >= 0.6 is 11.8 Å². The maximum atomic E-state index is 12.3. The van der Waals surface area contributed by atoms with Crippen molar-refractivity contribution in [3.05, 3.63) is 69.6 Å². The topological polar surface area (TPSA) is 50.4 Å². The number of rotatable bonds is 5. The third-order valence-corrected chi connectivity index (χ3v) is 6.39. The number of hydrogen-bond acceptors (Lipinski definition) is 4. The van der Waals surface area contributed by atoms with E-state index in [1.165, 1.54) is 5.56 Å². The number of phenols is 1. The summed E-state index contributed by atoms with van der Waals surface area (Å²) in [6.45, 7) is 2.12. The highest BCUT2D eigenvalue weighted by Gasteiger charge is 2.29. The van der Waals surface area contributed by atoms with Crippen LogP contribution in [0.25, 0.3) is 11.0 Å². The summed E-state index contributed by atoms with van der Waals surface area (Å²) in [6, 6.07) is 14.1. The molecule has 1 aliphatic rings. The Morgan fingerprint density at radius 2 is 1.92 bits per heavy atom. The Labute approximate surface area is 157 Å². The highest BCUT2D eigenvalue weighted by molar-refractivity contribution is 7.99. The summed E-state index contributed by atoms with van der Waals surface area (Å²) < 4.78 is 5.55. The van der Waals surface area contributed by atoms with Crippen LogP contribution in [0.1, 0.15) is 42.4 Å². The van der Waals surface area contributed by atoms with E-state index >= 15 is 0 Å². The van der Waals surface area contributed by atoms with Gasteiger partial charge in [0.05, 0.1) is 10.3 Å². The number of phenolic OH excluding ortho intramolecular Hbond substituents is 1. The predicted molar refractivity (Wildman–Crippen MR) is 106 cm³/mol. The molecule has 1 aliphatic heterocycles. The first kappa shape index (κ1) is 17.2. The van der Waals surface area contributed by atoms with Crippen LogP contribution in [0.15, 0.2) is 56.6 Å². The zero-order valence-corrected chi connectivity index (χ0v) is 15.6. The molecular formula is C22H22O3S. The molecule has 0 saturated heterocycles. The molecular weight excluding hydrogens is 344 g/mol. The van der Waals surface area contributed by atoms with Gasteiger partial charge in [0.1, 0.15) is 11.3 Å². The Bertz CT molecular complexity index is 992. The van der Waals surface area contributed by atoms with Crippen molar-refractivity contribution in [3.8, 4) is 5.75 Å². The fourth-order valence-electron chi connectivity index (χ4n) is 3.78. The van der Waals surface area contributed by atoms with Gasteiger partial charge in [-0.15, -0.1) is 11.8 Å². The van der Waals surface area contributed by atoms with Crippen molar-refractivity contribution < 1.29 is 9.52 Å². The van der Waals surface area contributed by atoms with Crippen LogP contribution in [0.3, 0.4) is 0 Å². The zero-order valence-electron chi connectivity index (χ0n) is 14.8. The molecule has 0 bridgehead atoms. The number of hydrogen-bond donors (Lipinski definition) is 1. The van der Waals surface area contributed by atoms with Gasteiger partial charge in [0.2, 0.25) is 0 Å². The summed E-state index contributed by atoms with van der Waals surface area (Å²) in [6.07, 6.45) is 3.77. The molecule has 0 aliphatic carbocycles. The molecule has 3 nitrogen and oxygen atoms in total. The molecule has 134 valence electrons. The Morgan fingerprint density at radius 1 is 1.15 bits per heavy atom. The van der Waals surface area contributed by atoms with Crippen molar-refractivity contribution in [3.63, 3.8) is 0 Å². The van der Waals surface area contributed by atoms with Crippen molar-refractivity contribution in [2.45, 2.75) is 43.4 Å². The zero-order chi connectivity index (χ0) is 18.1. The van der Waals surface area contributed by atoms with E-state index in [1.54, 1.807) is 11.8 Å². The Hall–Kier alpha value is -2.20. The molecule has 2 aromatic carbocycles. The van der Waals surface area contributed by atoms with E-state index in [0.29, 0.717) is 16.4 Å². The Balaban J connectivity index is 1.65. The van der Waals surface area contributed by atoms with E-state index in [9.17, 15) is 9.90 Å². The lowest BCUT2D eigenvalue weighted by Gasteiger charge is -2.12. The van der Waals surface area contributed by atoms with Crippen molar-refractivity contribution in [1.29, 1.82) is 0 Å². The number of aromatic hydroxyl groups is 1. The molecule has 4 heteroatoms. The standard InChI is InChI=1S/C22H22O3S/c1-2-16-13-26-21-19(16)20-17(23)11-15(12-18(20)25-22(21)24)10-6-9-14-7-4-3-5-8-14/h3-5,7-8,11-12,16,23H,2,6,9-10,13H2,1H3. The van der Waals surface area contributed by atoms with E-state index in [2.05, 4.69) is 31.2 Å². The molecule has 4 rings (SSSR count). The molecule has 2 heterocycles. The van der Waals surface area contributed by atoms with Gasteiger partial charge in [-0.1, -0.05) is 37.3 Å². The predicted octanol–water partition coefficient (Wildman–Crippen LogP) is 5.27. The minimum Gasteiger partial charge on any atom is -0.507 e. The summed E-state index contributed by atoms with van der Waals surface area (Å²) in [7, 11) is 0. The van der Waals surface area contributed by atoms with Crippen molar-refractivity contribution >= 4 is 22.7 Å². The molecule has 0 fully saturated rings. The van der Waals surface area contributed by atoms with Crippen LogP contribution in [0.2, 0.25) is 0 Å². The van der Waals surface area contributed by atoms with Crippen molar-refractivity contribution in [2.24, 2.45) is 0 Å². The van der Waals surface area contributed by atoms with Crippen LogP contribution < -0.4 is 5.63 Å². The average Bonchev–Trinajstić information content (AvgIpc) is 3.07. The van der Waals surface area contributed by atoms with E-state index in [4.69, 9.17) is 4.42 Å². The lowest BCUT2D eigenvalue weighted by molar-refractivity contribution is 0.475. The Morgan fingerprint density at radius 3 is 2.69 bits per heavy atom. The second kappa shape index (κ2) is 7.20. The second-order valence-corrected chi connectivity index (χ2v) is 7.91. The second-order valence-electron chi connectivity index (χ2n) is 6.88. The number of aryl methyl sites for hydroxylation is 2. The normalized spacial score (nSPS) is 16.1. The molecule has 0 amide bonds. The summed E-state index contributed by atoms with van der Waals surface area (Å²) in [5.41, 5.74) is 3.55. The highest BCUT2D eigenvalue weighted by atomic mass is 32.2. The van der Waals surface area contributed by atoms with Gasteiger partial charge in [0.25, 0.3) is 0 Å². The van der Waals surface area contributed by atoms with Gasteiger partial charge >= 0.3 is 5.63 Å². The van der Waals surface area contributed by atoms with Crippen LogP contribution in [-0.2, 0) is 12.8 Å². The average molecular weight is 366 g/mol. The van der Waals surface area contributed by atoms with Gasteiger partial charge in [-0.3, -0.25) is 0 Å². The summed E-state index contributed by atoms with van der Waals surface area (Å²) >= 11 is 1.55. The SMILES string of the molecule is CCC1CSc2c1c1c(O)cc(CCCc3ccccc3)cc1oc2=O. The van der Waals surface area contributed by atoms with Gasteiger partial charge in [0.15, 0.2) is 0 Å². The van der Waals surface area contributed by atoms with Gasteiger partial charge < -0.3 is 9.52 Å². The first-order chi connectivity index (χ1) is 12.7. The fraction of sp³-hybridized carbons (Fsp3) is 0.318. The van der Waals surface area contributed by atoms with Gasteiger partial charge in [-0.05, 0) is 60.4 Å². The van der Waals surface area contributed by atoms with Gasteiger partial charge in [-0.2, -0.15) is 0 Å². The first-order valence-corrected chi connectivity index (χ1v) is 10.1. The third kappa shape index (κ3) is 3.14. The van der Waals surface area contributed by atoms with Crippen LogP contribution in [0.5, 0.6) is 5.75 Å². The molecule has 0 saturated carbocycles. The van der Waals surface area contributed by atoms with E-state index in [1.807, 2.05) is 18.2 Å². The number of thioether (sulfide) groups is 1. The molecule has 26 heavy (non-hydrogen) atoms. The smallest absolute Gasteiger partial charge is 0.350 e. The van der Waals surface area contributed by atoms with Crippen molar-refractivity contribution in [2.75, 3.05) is 5.75 Å². The van der Waals surface area contributed by atoms with E-state index in [-0.39, 0.29) is 11.4 Å². The van der Waals surface area contributed by atoms with E-state index in [0.717, 1.165) is 47.9 Å². The minimum absolute atomic E-state index is 0.234. The molecule has 0 radical (unpaired) electrons. The highest BCUT2D eigenvalue weighted by Crippen LogP contribution is 2.45. The van der Waals surface area contributed by atoms with Crippen molar-refractivity contribution in [1.82, 2.24) is 0 Å². The molecule has 3 aromatic rings. The van der Waals surface area contributed by atoms with Gasteiger partial charge in [-0.25, -0.2) is 4.79 Å². The first-order valence-electron chi connectivity index (χ1n) is 9.16. The summed E-state index contributed by atoms with van der Waals surface area (Å²) in [5.74, 6) is 1.42. The van der Waals surface area contributed by atoms with Gasteiger partial charge in [0, 0.05) is 5.75 Å². The summed E-state index contributed by atoms with van der Waals surface area (Å²) in [5, 5.41) is 11.4. The molecule has 0 spiro atoms. The van der Waals surface area contributed by atoms with Crippen LogP contribution in [0, 0.1) is 0 Å². The molecule has 1 unspecified atom stereocenters. The summed E-state index contributed by atoms with van der Waals surface area (Å²) in [4.78, 5) is 13.0. The fourth-order valence-corrected chi connectivity index (χ4v) is 5.13. The molecule has 1 aromatic heterocycles. The monoisotopic (exact) mass is 366 g/mol. The third-order valence-electron chi connectivity index (χ3n) is 5.15. The number of benzene rings is 2. The Kier molecular flexibility index (Phi) is 4.77. The lowest BCUT2D eigenvalue weighted by Crippen LogP contribution is -2.05. The van der Waals surface area contributed by atoms with E-state index < -0.39 is 0 Å². The molecule has 1 atom stereocenters. The largest absolute Gasteiger partial charge is 0.507 e. The number of fused-ring (bicyclic) bond motifs is 3. The quantitative estimate of drug-likeness (QED) is 0.625.